The second kappa shape index (κ2) is 14.1. The van der Waals surface area contributed by atoms with E-state index in [-0.39, 0.29) is 5.25 Å². The Hall–Kier alpha value is -8.35. The minimum absolute atomic E-state index is 0.146. The lowest BCUT2D eigenvalue weighted by Crippen LogP contribution is -2.29. The summed E-state index contributed by atoms with van der Waals surface area (Å²) in [6, 6.07) is 75.6. The molecule has 14 aromatic rings. The number of thioether (sulfide) groups is 1. The molecule has 2 aliphatic heterocycles. The Morgan fingerprint density at radius 1 is 0.380 bits per heavy atom. The van der Waals surface area contributed by atoms with E-state index in [0.717, 1.165) is 5.69 Å². The molecule has 0 saturated carbocycles. The van der Waals surface area contributed by atoms with Crippen LogP contribution in [0.3, 0.4) is 0 Å². The zero-order valence-corrected chi connectivity index (χ0v) is 39.7. The number of fused-ring (bicyclic) bond motifs is 10. The number of benzene rings is 13. The molecule has 5 heteroatoms. The van der Waals surface area contributed by atoms with E-state index in [1.807, 2.05) is 23.5 Å². The Morgan fingerprint density at radius 2 is 1.03 bits per heavy atom. The van der Waals surface area contributed by atoms with Gasteiger partial charge in [-0.2, -0.15) is 4.58 Å². The second-order valence-electron chi connectivity index (χ2n) is 19.3. The molecule has 13 aromatic carbocycles. The van der Waals surface area contributed by atoms with Gasteiger partial charge in [-0.25, -0.2) is 0 Å². The highest BCUT2D eigenvalue weighted by atomic mass is 32.2. The van der Waals surface area contributed by atoms with Gasteiger partial charge in [0, 0.05) is 55.2 Å². The Labute approximate surface area is 416 Å². The number of anilines is 3. The standard InChI is InChI=1S/C66H38N3S2/c1-2-15-41(16-3-1)67-55-37-56-61(36-49(55)66-47-20-12-19-43-42-17-10-13-38-14-11-18-44(62(38)42)48(65(43)47)35-57(66)67)71-60-26-9-6-23-54(60)69(56)51-34-30-40-27-31-45-50(33-29-39-28-32-46(51)64(40)63(39)45)68-52-21-4-7-24-58(52)70-59-25-8-5-22-53(59)68/h1-37,60H/q+1. The van der Waals surface area contributed by atoms with E-state index in [4.69, 9.17) is 0 Å². The molecule has 3 heterocycles. The normalized spacial score (nSPS) is 15.4. The molecule has 1 aromatic heterocycles. The van der Waals surface area contributed by atoms with Crippen molar-refractivity contribution in [1.82, 2.24) is 9.14 Å². The predicted molar refractivity (Wildman–Crippen MR) is 305 cm³/mol. The van der Waals surface area contributed by atoms with Gasteiger partial charge in [-0.3, -0.25) is 0 Å². The zero-order chi connectivity index (χ0) is 46.1. The summed E-state index contributed by atoms with van der Waals surface area (Å²) in [6.45, 7) is 0. The van der Waals surface area contributed by atoms with Crippen molar-refractivity contribution in [3.63, 3.8) is 0 Å². The van der Waals surface area contributed by atoms with Gasteiger partial charge in [-0.15, -0.1) is 11.8 Å². The quantitative estimate of drug-likeness (QED) is 0.0994. The average Bonchev–Trinajstić information content (AvgIpc) is 3.75. The van der Waals surface area contributed by atoms with Crippen LogP contribution in [0, 0.1) is 0 Å². The highest BCUT2D eigenvalue weighted by Crippen LogP contribution is 2.55. The van der Waals surface area contributed by atoms with Gasteiger partial charge >= 0.3 is 0 Å². The second-order valence-corrected chi connectivity index (χ2v) is 21.5. The zero-order valence-electron chi connectivity index (χ0n) is 38.1. The molecule has 3 aliphatic rings. The lowest BCUT2D eigenvalue weighted by atomic mass is 9.88. The van der Waals surface area contributed by atoms with Crippen LogP contribution in [-0.2, 0) is 0 Å². The summed E-state index contributed by atoms with van der Waals surface area (Å²) in [4.78, 5) is 6.30. The monoisotopic (exact) mass is 936 g/mol. The molecule has 0 bridgehead atoms. The molecule has 0 amide bonds. The van der Waals surface area contributed by atoms with Crippen LogP contribution in [0.25, 0.3) is 103 Å². The fraction of sp³-hybridized carbons (Fsp3) is 0.0152. The number of allylic oxidation sites excluding steroid dienone is 3. The number of hydrogen-bond donors (Lipinski definition) is 0. The number of rotatable bonds is 3. The van der Waals surface area contributed by atoms with Gasteiger partial charge in [-0.1, -0.05) is 151 Å². The summed E-state index contributed by atoms with van der Waals surface area (Å²) in [5.41, 5.74) is 10.9. The van der Waals surface area contributed by atoms with Crippen molar-refractivity contribution in [2.75, 3.05) is 4.90 Å². The molecule has 17 rings (SSSR count). The first-order valence-electron chi connectivity index (χ1n) is 24.4. The van der Waals surface area contributed by atoms with Crippen LogP contribution in [0.4, 0.5) is 28.4 Å². The molecule has 71 heavy (non-hydrogen) atoms. The van der Waals surface area contributed by atoms with Crippen LogP contribution in [-0.4, -0.2) is 15.5 Å². The third kappa shape index (κ3) is 5.14. The third-order valence-corrected chi connectivity index (χ3v) is 18.1. The number of aromatic nitrogens is 1. The van der Waals surface area contributed by atoms with Crippen LogP contribution in [0.1, 0.15) is 0 Å². The minimum atomic E-state index is 0.146. The van der Waals surface area contributed by atoms with Gasteiger partial charge in [-0.05, 0) is 126 Å². The molecule has 0 N–H and O–H groups in total. The first-order chi connectivity index (χ1) is 35.2. The molecule has 1 atom stereocenters. The highest BCUT2D eigenvalue weighted by molar-refractivity contribution is 8.01. The van der Waals surface area contributed by atoms with Gasteiger partial charge in [0.1, 0.15) is 5.25 Å². The first kappa shape index (κ1) is 38.5. The van der Waals surface area contributed by atoms with Crippen LogP contribution in [0.5, 0.6) is 0 Å². The Morgan fingerprint density at radius 3 is 1.83 bits per heavy atom. The van der Waals surface area contributed by atoms with Gasteiger partial charge in [0.25, 0.3) is 0 Å². The van der Waals surface area contributed by atoms with Gasteiger partial charge in [0.2, 0.25) is 17.1 Å². The highest BCUT2D eigenvalue weighted by Gasteiger charge is 2.38. The van der Waals surface area contributed by atoms with E-state index in [0.29, 0.717) is 0 Å². The van der Waals surface area contributed by atoms with Crippen LogP contribution >= 0.6 is 23.5 Å². The number of para-hydroxylation sites is 3. The van der Waals surface area contributed by atoms with Gasteiger partial charge in [0.15, 0.2) is 0 Å². The molecule has 1 aliphatic carbocycles. The average molecular weight is 937 g/mol. The lowest BCUT2D eigenvalue weighted by molar-refractivity contribution is 1.03. The smallest absolute Gasteiger partial charge is 0.227 e. The summed E-state index contributed by atoms with van der Waals surface area (Å²) in [7, 11) is 0. The number of nitrogens with zero attached hydrogens (tertiary/aromatic N) is 3. The first-order valence-corrected chi connectivity index (χ1v) is 26.1. The maximum Gasteiger partial charge on any atom is 0.227 e. The topological polar surface area (TPSA) is 11.2 Å². The van der Waals surface area contributed by atoms with E-state index in [1.54, 1.807) is 0 Å². The minimum Gasteiger partial charge on any atom is -0.309 e. The van der Waals surface area contributed by atoms with E-state index >= 15 is 0 Å². The summed E-state index contributed by atoms with van der Waals surface area (Å²) >= 11 is 3.82. The Kier molecular flexibility index (Phi) is 7.67. The molecule has 0 fully saturated rings. The Bertz CT molecular complexity index is 4720. The van der Waals surface area contributed by atoms with E-state index in [9.17, 15) is 0 Å². The van der Waals surface area contributed by atoms with Crippen LogP contribution in [0.2, 0.25) is 0 Å². The van der Waals surface area contributed by atoms with Crippen molar-refractivity contribution in [3.05, 3.63) is 224 Å². The SMILES string of the molecule is C1=CC2=[N+](c3ccc4ccc5c(N6c7ccccc7Sc7ccccc76)ccc6ccc3c4c65)c3cc4c(cc3SC2C=C1)c1c2cccc3c5cccc6cccc(c(cc1n4-c1ccccc1)c32)c65. The predicted octanol–water partition coefficient (Wildman–Crippen LogP) is 18.5. The summed E-state index contributed by atoms with van der Waals surface area (Å²) in [5.74, 6) is 0. The fourth-order valence-electron chi connectivity index (χ4n) is 12.8. The van der Waals surface area contributed by atoms with Crippen LogP contribution < -0.4 is 9.48 Å². The van der Waals surface area contributed by atoms with Gasteiger partial charge in [0.05, 0.1) is 38.4 Å². The molecule has 0 spiro atoms. The summed E-state index contributed by atoms with van der Waals surface area (Å²) < 4.78 is 5.13. The van der Waals surface area contributed by atoms with E-state index in [2.05, 4.69) is 239 Å². The molecule has 328 valence electrons. The fourth-order valence-corrected chi connectivity index (χ4v) is 15.1. The Balaban J connectivity index is 0.954. The maximum atomic E-state index is 2.59. The molecular formula is C66H38N3S2+. The molecule has 1 unspecified atom stereocenters. The van der Waals surface area contributed by atoms with E-state index in [1.165, 1.54) is 146 Å². The summed E-state index contributed by atoms with van der Waals surface area (Å²) in [6.07, 6.45) is 9.15. The van der Waals surface area contributed by atoms with E-state index < -0.39 is 0 Å². The largest absolute Gasteiger partial charge is 0.309 e. The lowest BCUT2D eigenvalue weighted by Gasteiger charge is -2.33. The molecular weight excluding hydrogens is 899 g/mol. The van der Waals surface area contributed by atoms with Crippen molar-refractivity contribution >= 4 is 155 Å². The van der Waals surface area contributed by atoms with Crippen LogP contribution in [0.15, 0.2) is 239 Å². The summed E-state index contributed by atoms with van der Waals surface area (Å²) in [5, 5.41) is 20.8. The molecule has 0 saturated heterocycles. The molecule has 0 radical (unpaired) electrons. The van der Waals surface area contributed by atoms with Crippen molar-refractivity contribution < 1.29 is 0 Å². The maximum absolute atomic E-state index is 2.59. The van der Waals surface area contributed by atoms with Crippen molar-refractivity contribution in [1.29, 1.82) is 0 Å². The third-order valence-electron chi connectivity index (χ3n) is 15.7. The van der Waals surface area contributed by atoms with Gasteiger partial charge < -0.3 is 9.47 Å². The van der Waals surface area contributed by atoms with Crippen molar-refractivity contribution in [2.45, 2.75) is 19.9 Å². The number of hydrogen-bond acceptors (Lipinski definition) is 3. The van der Waals surface area contributed by atoms with Crippen molar-refractivity contribution in [3.8, 4) is 5.69 Å². The van der Waals surface area contributed by atoms with Crippen molar-refractivity contribution in [2.24, 2.45) is 0 Å². The molecule has 3 nitrogen and oxygen atoms in total.